The number of carbonyl (C=O) groups is 1. The van der Waals surface area contributed by atoms with Gasteiger partial charge in [-0.1, -0.05) is 0 Å². The van der Waals surface area contributed by atoms with Crippen LogP contribution in [-0.2, 0) is 0 Å². The Balaban J connectivity index is 1.79. The molecular formula is C20H12F3N5O4. The minimum absolute atomic E-state index is 0.0561. The first-order valence-corrected chi connectivity index (χ1v) is 8.96. The van der Waals surface area contributed by atoms with Gasteiger partial charge in [0.15, 0.2) is 5.65 Å². The largest absolute Gasteiger partial charge is 0.506 e. The molecule has 0 spiro atoms. The van der Waals surface area contributed by atoms with E-state index in [4.69, 9.17) is 0 Å². The van der Waals surface area contributed by atoms with E-state index in [0.29, 0.717) is 5.56 Å². The van der Waals surface area contributed by atoms with E-state index in [1.807, 2.05) is 0 Å². The maximum Gasteiger partial charge on any atom is 0.280 e. The molecule has 9 nitrogen and oxygen atoms in total. The Bertz CT molecular complexity index is 1360. The quantitative estimate of drug-likeness (QED) is 0.269. The summed E-state index contributed by atoms with van der Waals surface area (Å²) >= 11 is 0. The molecule has 12 heteroatoms. The maximum absolute atomic E-state index is 13.6. The number of anilines is 1. The number of nitrogens with one attached hydrogen (secondary N) is 1. The van der Waals surface area contributed by atoms with E-state index in [2.05, 4.69) is 15.4 Å². The van der Waals surface area contributed by atoms with Crippen molar-refractivity contribution in [1.82, 2.24) is 14.6 Å². The number of phenols is 1. The predicted octanol–water partition coefficient (Wildman–Crippen LogP) is 4.34. The van der Waals surface area contributed by atoms with Gasteiger partial charge in [-0.3, -0.25) is 14.9 Å². The van der Waals surface area contributed by atoms with Crippen molar-refractivity contribution < 1.29 is 28.0 Å². The zero-order chi connectivity index (χ0) is 23.0. The standard InChI is InChI=1S/C20H12F3N5O4/c21-11-3-1-10(2-4-11)14-8-16(18(22)23)27-19(25-14)13(9-24-27)20(30)26-15-7-12(28(31)32)5-6-17(15)29/h1-9,18,29H,(H,26,30). The van der Waals surface area contributed by atoms with E-state index >= 15 is 0 Å². The van der Waals surface area contributed by atoms with Gasteiger partial charge in [0.05, 0.1) is 22.5 Å². The zero-order valence-electron chi connectivity index (χ0n) is 15.9. The van der Waals surface area contributed by atoms with Crippen LogP contribution in [0.1, 0.15) is 22.5 Å². The van der Waals surface area contributed by atoms with Gasteiger partial charge in [-0.05, 0) is 36.4 Å². The average molecular weight is 443 g/mol. The van der Waals surface area contributed by atoms with Gasteiger partial charge in [0.25, 0.3) is 18.0 Å². The summed E-state index contributed by atoms with van der Waals surface area (Å²) in [5.74, 6) is -1.85. The van der Waals surface area contributed by atoms with E-state index in [0.717, 1.165) is 47.1 Å². The molecule has 2 aromatic heterocycles. The second kappa shape index (κ2) is 7.98. The fraction of sp³-hybridized carbons (Fsp3) is 0.0500. The first kappa shape index (κ1) is 20.8. The maximum atomic E-state index is 13.6. The third kappa shape index (κ3) is 3.80. The summed E-state index contributed by atoms with van der Waals surface area (Å²) in [6.45, 7) is 0. The fourth-order valence-electron chi connectivity index (χ4n) is 3.00. The number of aromatic hydroxyl groups is 1. The number of halogens is 3. The lowest BCUT2D eigenvalue weighted by Crippen LogP contribution is -2.13. The van der Waals surface area contributed by atoms with Crippen molar-refractivity contribution >= 4 is 22.9 Å². The van der Waals surface area contributed by atoms with E-state index in [1.54, 1.807) is 0 Å². The van der Waals surface area contributed by atoms with Gasteiger partial charge < -0.3 is 10.4 Å². The molecule has 0 aliphatic rings. The Morgan fingerprint density at radius 1 is 1.16 bits per heavy atom. The van der Waals surface area contributed by atoms with Crippen LogP contribution >= 0.6 is 0 Å². The number of aromatic nitrogens is 3. The van der Waals surface area contributed by atoms with Crippen LogP contribution in [0.3, 0.4) is 0 Å². The lowest BCUT2D eigenvalue weighted by Gasteiger charge is -2.09. The molecule has 4 rings (SSSR count). The summed E-state index contributed by atoms with van der Waals surface area (Å²) in [5, 5.41) is 26.9. The first-order chi connectivity index (χ1) is 15.2. The van der Waals surface area contributed by atoms with E-state index in [1.165, 1.54) is 12.1 Å². The number of alkyl halides is 2. The molecule has 2 N–H and O–H groups in total. The van der Waals surface area contributed by atoms with Gasteiger partial charge in [0.1, 0.15) is 22.8 Å². The van der Waals surface area contributed by atoms with Crippen LogP contribution in [0.2, 0.25) is 0 Å². The summed E-state index contributed by atoms with van der Waals surface area (Å²) in [6.07, 6.45) is -1.96. The van der Waals surface area contributed by atoms with Crippen molar-refractivity contribution in [3.63, 3.8) is 0 Å². The van der Waals surface area contributed by atoms with Crippen LogP contribution in [0, 0.1) is 15.9 Å². The molecule has 0 aliphatic carbocycles. The number of hydrogen-bond acceptors (Lipinski definition) is 6. The molecule has 0 fully saturated rings. The number of fused-ring (bicyclic) bond motifs is 1. The predicted molar refractivity (Wildman–Crippen MR) is 106 cm³/mol. The number of benzene rings is 2. The molecule has 2 aromatic carbocycles. The number of nitro benzene ring substituents is 1. The van der Waals surface area contributed by atoms with Gasteiger partial charge in [-0.25, -0.2) is 22.7 Å². The fourth-order valence-corrected chi connectivity index (χ4v) is 3.00. The van der Waals surface area contributed by atoms with Crippen molar-refractivity contribution in [2.45, 2.75) is 6.43 Å². The number of hydrogen-bond donors (Lipinski definition) is 2. The second-order valence-corrected chi connectivity index (χ2v) is 6.58. The normalized spacial score (nSPS) is 11.1. The van der Waals surface area contributed by atoms with Crippen molar-refractivity contribution in [1.29, 1.82) is 0 Å². The summed E-state index contributed by atoms with van der Waals surface area (Å²) in [5.41, 5.74) is -1.24. The van der Waals surface area contributed by atoms with Gasteiger partial charge in [0, 0.05) is 17.7 Å². The monoisotopic (exact) mass is 443 g/mol. The number of non-ortho nitro benzene ring substituents is 1. The van der Waals surface area contributed by atoms with Crippen LogP contribution in [0.4, 0.5) is 24.5 Å². The smallest absolute Gasteiger partial charge is 0.280 e. The summed E-state index contributed by atoms with van der Waals surface area (Å²) < 4.78 is 41.3. The van der Waals surface area contributed by atoms with E-state index < -0.39 is 34.5 Å². The molecule has 32 heavy (non-hydrogen) atoms. The highest BCUT2D eigenvalue weighted by Crippen LogP contribution is 2.30. The number of nitro groups is 1. The molecule has 0 saturated heterocycles. The van der Waals surface area contributed by atoms with Crippen molar-refractivity contribution in [2.75, 3.05) is 5.32 Å². The molecule has 0 radical (unpaired) electrons. The lowest BCUT2D eigenvalue weighted by atomic mass is 10.1. The Hall–Kier alpha value is -4.48. The molecule has 0 unspecified atom stereocenters. The van der Waals surface area contributed by atoms with Gasteiger partial charge in [-0.2, -0.15) is 5.10 Å². The minimum Gasteiger partial charge on any atom is -0.506 e. The third-order valence-corrected chi connectivity index (χ3v) is 4.55. The van der Waals surface area contributed by atoms with E-state index in [-0.39, 0.29) is 28.3 Å². The van der Waals surface area contributed by atoms with Crippen molar-refractivity contribution in [3.05, 3.63) is 81.9 Å². The van der Waals surface area contributed by atoms with Gasteiger partial charge >= 0.3 is 0 Å². The topological polar surface area (TPSA) is 123 Å². The molecule has 0 atom stereocenters. The number of carbonyl (C=O) groups excluding carboxylic acids is 1. The Kier molecular flexibility index (Phi) is 5.18. The molecule has 4 aromatic rings. The number of nitrogens with zero attached hydrogens (tertiary/aromatic N) is 4. The third-order valence-electron chi connectivity index (χ3n) is 4.55. The number of amides is 1. The lowest BCUT2D eigenvalue weighted by molar-refractivity contribution is -0.384. The zero-order valence-corrected chi connectivity index (χ0v) is 15.9. The highest BCUT2D eigenvalue weighted by Gasteiger charge is 2.23. The van der Waals surface area contributed by atoms with Crippen molar-refractivity contribution in [2.24, 2.45) is 0 Å². The molecule has 0 aliphatic heterocycles. The summed E-state index contributed by atoms with van der Waals surface area (Å²) in [4.78, 5) is 27.2. The molecule has 2 heterocycles. The highest BCUT2D eigenvalue weighted by atomic mass is 19.3. The van der Waals surface area contributed by atoms with Crippen LogP contribution in [-0.4, -0.2) is 30.5 Å². The molecule has 0 saturated carbocycles. The number of phenolic OH excluding ortho intramolecular Hbond substituents is 1. The summed E-state index contributed by atoms with van der Waals surface area (Å²) in [7, 11) is 0. The van der Waals surface area contributed by atoms with E-state index in [9.17, 15) is 33.2 Å². The Morgan fingerprint density at radius 2 is 1.88 bits per heavy atom. The van der Waals surface area contributed by atoms with Gasteiger partial charge in [0.2, 0.25) is 0 Å². The van der Waals surface area contributed by atoms with Crippen LogP contribution in [0.25, 0.3) is 16.9 Å². The summed E-state index contributed by atoms with van der Waals surface area (Å²) in [6, 6.07) is 9.07. The molecule has 162 valence electrons. The van der Waals surface area contributed by atoms with Crippen molar-refractivity contribution in [3.8, 4) is 17.0 Å². The second-order valence-electron chi connectivity index (χ2n) is 6.58. The molecule has 0 bridgehead atoms. The Labute approximate surface area is 176 Å². The molecular weight excluding hydrogens is 431 g/mol. The minimum atomic E-state index is -2.96. The van der Waals surface area contributed by atoms with Gasteiger partial charge in [-0.15, -0.1) is 0 Å². The Morgan fingerprint density at radius 3 is 2.53 bits per heavy atom. The SMILES string of the molecule is O=C(Nc1cc([N+](=O)[O-])ccc1O)c1cnn2c(C(F)F)cc(-c3ccc(F)cc3)nc12. The van der Waals surface area contributed by atoms with Crippen LogP contribution in [0.5, 0.6) is 5.75 Å². The average Bonchev–Trinajstić information content (AvgIpc) is 3.19. The highest BCUT2D eigenvalue weighted by molar-refractivity contribution is 6.09. The van der Waals surface area contributed by atoms with Crippen LogP contribution in [0.15, 0.2) is 54.7 Å². The van der Waals surface area contributed by atoms with Crippen LogP contribution < -0.4 is 5.32 Å². The number of rotatable bonds is 5. The molecule has 1 amide bonds. The first-order valence-electron chi connectivity index (χ1n) is 8.96.